The Balaban J connectivity index is 1.59. The number of nitrogens with zero attached hydrogens (tertiary/aromatic N) is 2. The average Bonchev–Trinajstić information content (AvgIpc) is 3.48. The molecule has 1 aromatic carbocycles. The maximum atomic E-state index is 13.0. The van der Waals surface area contributed by atoms with E-state index in [1.807, 2.05) is 6.07 Å². The number of hydrogen-bond acceptors (Lipinski definition) is 4. The van der Waals surface area contributed by atoms with Gasteiger partial charge in [0.15, 0.2) is 0 Å². The van der Waals surface area contributed by atoms with Gasteiger partial charge >= 0.3 is 5.97 Å². The van der Waals surface area contributed by atoms with Crippen molar-refractivity contribution in [2.24, 2.45) is 5.92 Å². The van der Waals surface area contributed by atoms with Gasteiger partial charge in [-0.3, -0.25) is 4.79 Å². The van der Waals surface area contributed by atoms with E-state index in [-0.39, 0.29) is 5.91 Å². The summed E-state index contributed by atoms with van der Waals surface area (Å²) in [7, 11) is 0. The van der Waals surface area contributed by atoms with E-state index in [0.29, 0.717) is 23.9 Å². The number of fused-ring (bicyclic) bond motifs is 1. The molecule has 4 rings (SSSR count). The Kier molecular flexibility index (Phi) is 8.03. The molecule has 0 saturated heterocycles. The number of amides is 1. The lowest BCUT2D eigenvalue weighted by molar-refractivity contribution is -0.139. The van der Waals surface area contributed by atoms with E-state index in [1.54, 1.807) is 23.5 Å². The molecule has 6 nitrogen and oxygen atoms in total. The Morgan fingerprint density at radius 1 is 1.18 bits per heavy atom. The number of aliphatic carboxylic acids is 1. The number of aromatic nitrogens is 2. The van der Waals surface area contributed by atoms with Gasteiger partial charge in [-0.15, -0.1) is 11.3 Å². The van der Waals surface area contributed by atoms with Crippen LogP contribution in [0.1, 0.15) is 92.3 Å². The van der Waals surface area contributed by atoms with Crippen LogP contribution in [0.5, 0.6) is 0 Å². The topological polar surface area (TPSA) is 84.2 Å². The van der Waals surface area contributed by atoms with Gasteiger partial charge in [-0.05, 0) is 54.8 Å². The summed E-state index contributed by atoms with van der Waals surface area (Å²) in [5, 5.41) is 14.6. The van der Waals surface area contributed by atoms with Gasteiger partial charge in [0.25, 0.3) is 5.91 Å². The minimum absolute atomic E-state index is 0.339. The third-order valence-corrected chi connectivity index (χ3v) is 8.02. The quantitative estimate of drug-likeness (QED) is 0.361. The molecular weight excluding hydrogens is 446 g/mol. The van der Waals surface area contributed by atoms with Crippen molar-refractivity contribution in [1.29, 1.82) is 0 Å². The Morgan fingerprint density at radius 2 is 1.94 bits per heavy atom. The first-order valence-corrected chi connectivity index (χ1v) is 13.4. The average molecular weight is 482 g/mol. The Morgan fingerprint density at radius 3 is 2.59 bits per heavy atom. The first-order chi connectivity index (χ1) is 16.5. The molecule has 2 N–H and O–H groups in total. The third kappa shape index (κ3) is 5.52. The molecule has 34 heavy (non-hydrogen) atoms. The van der Waals surface area contributed by atoms with Crippen LogP contribution in [0.4, 0.5) is 0 Å². The van der Waals surface area contributed by atoms with Crippen LogP contribution in [0.25, 0.3) is 11.0 Å². The van der Waals surface area contributed by atoms with E-state index < -0.39 is 12.0 Å². The van der Waals surface area contributed by atoms with Gasteiger partial charge in [0, 0.05) is 22.9 Å². The van der Waals surface area contributed by atoms with E-state index in [2.05, 4.69) is 41.2 Å². The highest BCUT2D eigenvalue weighted by molar-refractivity contribution is 7.09. The molecule has 1 aliphatic carbocycles. The highest BCUT2D eigenvalue weighted by atomic mass is 32.1. The molecule has 182 valence electrons. The summed E-state index contributed by atoms with van der Waals surface area (Å²) in [5.74, 6) is 0.0656. The Bertz CT molecular complexity index is 1110. The van der Waals surface area contributed by atoms with Gasteiger partial charge in [-0.1, -0.05) is 52.0 Å². The normalized spacial score (nSPS) is 15.6. The van der Waals surface area contributed by atoms with Crippen LogP contribution in [0.15, 0.2) is 35.7 Å². The lowest BCUT2D eigenvalue weighted by atomic mass is 9.85. The SMILES string of the molecule is CCC(CC)n1c(Cc2cccs2)nc2cc(C(=O)NC(CC3CCCCC3)C(=O)O)ccc21. The molecule has 1 amide bonds. The van der Waals surface area contributed by atoms with Crippen LogP contribution < -0.4 is 5.32 Å². The maximum Gasteiger partial charge on any atom is 0.326 e. The molecule has 0 spiro atoms. The van der Waals surface area contributed by atoms with Gasteiger partial charge in [0.1, 0.15) is 11.9 Å². The van der Waals surface area contributed by atoms with Crippen molar-refractivity contribution in [2.45, 2.75) is 83.7 Å². The van der Waals surface area contributed by atoms with Gasteiger partial charge in [0.2, 0.25) is 0 Å². The number of carboxylic acids is 1. The minimum atomic E-state index is -0.962. The van der Waals surface area contributed by atoms with E-state index in [0.717, 1.165) is 61.8 Å². The molecule has 0 bridgehead atoms. The lowest BCUT2D eigenvalue weighted by Gasteiger charge is -2.25. The van der Waals surface area contributed by atoms with Crippen LogP contribution in [0.3, 0.4) is 0 Å². The fraction of sp³-hybridized carbons (Fsp3) is 0.519. The van der Waals surface area contributed by atoms with Gasteiger partial charge in [0.05, 0.1) is 11.0 Å². The summed E-state index contributed by atoms with van der Waals surface area (Å²) in [6.07, 6.45) is 8.87. The van der Waals surface area contributed by atoms with Crippen molar-refractivity contribution < 1.29 is 14.7 Å². The Labute approximate surface area is 205 Å². The van der Waals surface area contributed by atoms with E-state index in [9.17, 15) is 14.7 Å². The highest BCUT2D eigenvalue weighted by Gasteiger charge is 2.26. The number of nitrogens with one attached hydrogen (secondary N) is 1. The maximum absolute atomic E-state index is 13.0. The molecule has 3 aromatic rings. The summed E-state index contributed by atoms with van der Waals surface area (Å²) >= 11 is 1.72. The van der Waals surface area contributed by atoms with Crippen LogP contribution in [0, 0.1) is 5.92 Å². The molecule has 2 aromatic heterocycles. The number of carboxylic acid groups (broad SMARTS) is 1. The summed E-state index contributed by atoms with van der Waals surface area (Å²) in [6.45, 7) is 4.38. The summed E-state index contributed by atoms with van der Waals surface area (Å²) in [5.41, 5.74) is 2.26. The third-order valence-electron chi connectivity index (χ3n) is 7.14. The van der Waals surface area contributed by atoms with E-state index in [1.165, 1.54) is 11.3 Å². The molecule has 1 saturated carbocycles. The molecule has 0 radical (unpaired) electrons. The standard InChI is InChI=1S/C27H35N3O3S/c1-3-20(4-2)30-24-13-12-19(16-22(24)28-25(30)17-21-11-8-14-34-21)26(31)29-23(27(32)33)15-18-9-6-5-7-10-18/h8,11-14,16,18,20,23H,3-7,9-10,15,17H2,1-2H3,(H,29,31)(H,32,33). The molecule has 1 aliphatic rings. The summed E-state index contributed by atoms with van der Waals surface area (Å²) in [6, 6.07) is 9.23. The molecule has 1 atom stereocenters. The number of carbonyl (C=O) groups is 2. The van der Waals surface area contributed by atoms with Crippen molar-refractivity contribution >= 4 is 34.2 Å². The van der Waals surface area contributed by atoms with Crippen molar-refractivity contribution in [2.75, 3.05) is 0 Å². The highest BCUT2D eigenvalue weighted by Crippen LogP contribution is 2.29. The molecule has 1 unspecified atom stereocenters. The van der Waals surface area contributed by atoms with Crippen molar-refractivity contribution in [3.63, 3.8) is 0 Å². The second-order valence-corrected chi connectivity index (χ2v) is 10.5. The first-order valence-electron chi connectivity index (χ1n) is 12.6. The predicted octanol–water partition coefficient (Wildman–Crippen LogP) is 6.20. The van der Waals surface area contributed by atoms with E-state index in [4.69, 9.17) is 4.98 Å². The number of rotatable bonds is 10. The lowest BCUT2D eigenvalue weighted by Crippen LogP contribution is -2.42. The predicted molar refractivity (Wildman–Crippen MR) is 137 cm³/mol. The minimum Gasteiger partial charge on any atom is -0.480 e. The van der Waals surface area contributed by atoms with Crippen molar-refractivity contribution in [1.82, 2.24) is 14.9 Å². The number of hydrogen-bond donors (Lipinski definition) is 2. The number of benzene rings is 1. The van der Waals surface area contributed by atoms with Crippen molar-refractivity contribution in [3.05, 3.63) is 52.0 Å². The fourth-order valence-corrected chi connectivity index (χ4v) is 5.97. The van der Waals surface area contributed by atoms with Gasteiger partial charge in [-0.2, -0.15) is 0 Å². The van der Waals surface area contributed by atoms with Gasteiger partial charge in [-0.25, -0.2) is 9.78 Å². The molecule has 2 heterocycles. The molecular formula is C27H35N3O3S. The van der Waals surface area contributed by atoms with Crippen LogP contribution in [0.2, 0.25) is 0 Å². The zero-order chi connectivity index (χ0) is 24.1. The summed E-state index contributed by atoms with van der Waals surface area (Å²) < 4.78 is 2.32. The number of imidazole rings is 1. The second kappa shape index (κ2) is 11.2. The van der Waals surface area contributed by atoms with Crippen LogP contribution >= 0.6 is 11.3 Å². The molecule has 0 aliphatic heterocycles. The smallest absolute Gasteiger partial charge is 0.326 e. The fourth-order valence-electron chi connectivity index (χ4n) is 5.26. The number of thiophene rings is 1. The molecule has 7 heteroatoms. The largest absolute Gasteiger partial charge is 0.480 e. The van der Waals surface area contributed by atoms with Gasteiger partial charge < -0.3 is 15.0 Å². The zero-order valence-electron chi connectivity index (χ0n) is 20.1. The summed E-state index contributed by atoms with van der Waals surface area (Å²) in [4.78, 5) is 31.1. The molecule has 1 fully saturated rings. The first kappa shape index (κ1) is 24.5. The second-order valence-electron chi connectivity index (χ2n) is 9.43. The van der Waals surface area contributed by atoms with Crippen LogP contribution in [-0.2, 0) is 11.2 Å². The van der Waals surface area contributed by atoms with E-state index >= 15 is 0 Å². The monoisotopic (exact) mass is 481 g/mol. The number of carbonyl (C=O) groups excluding carboxylic acids is 1. The zero-order valence-corrected chi connectivity index (χ0v) is 20.9. The Hall–Kier alpha value is -2.67. The van der Waals surface area contributed by atoms with Crippen LogP contribution in [-0.4, -0.2) is 32.6 Å². The van der Waals surface area contributed by atoms with Crippen molar-refractivity contribution in [3.8, 4) is 0 Å².